The molecule has 0 radical (unpaired) electrons. The van der Waals surface area contributed by atoms with Crippen molar-refractivity contribution in [1.29, 1.82) is 0 Å². The number of anilines is 1. The zero-order valence-electron chi connectivity index (χ0n) is 15.0. The van der Waals surface area contributed by atoms with Crippen LogP contribution in [0.25, 0.3) is 22.2 Å². The first-order valence-electron chi connectivity index (χ1n) is 8.91. The minimum Gasteiger partial charge on any atom is -0.324 e. The fourth-order valence-corrected chi connectivity index (χ4v) is 3.13. The van der Waals surface area contributed by atoms with Crippen molar-refractivity contribution >= 4 is 28.8 Å². The number of fused-ring (bicyclic) bond motifs is 1. The quantitative estimate of drug-likeness (QED) is 0.645. The van der Waals surface area contributed by atoms with Gasteiger partial charge in [-0.1, -0.05) is 43.3 Å². The van der Waals surface area contributed by atoms with Crippen molar-refractivity contribution in [2.75, 3.05) is 5.32 Å². The Morgan fingerprint density at radius 3 is 2.54 bits per heavy atom. The third-order valence-corrected chi connectivity index (χ3v) is 4.55. The second-order valence-electron chi connectivity index (χ2n) is 6.45. The van der Waals surface area contributed by atoms with E-state index in [4.69, 9.17) is 0 Å². The highest BCUT2D eigenvalue weighted by molar-refractivity contribution is 6.08. The predicted molar refractivity (Wildman–Crippen MR) is 106 cm³/mol. The van der Waals surface area contributed by atoms with Crippen LogP contribution in [0.3, 0.4) is 0 Å². The maximum atomic E-state index is 13.5. The number of hydrogen-bond acceptors (Lipinski definition) is 4. The Morgan fingerprint density at radius 1 is 1.04 bits per heavy atom. The molecule has 4 nitrogen and oxygen atoms in total. The maximum Gasteiger partial charge on any atom is 0.417 e. The Balaban J connectivity index is 1.85. The molecule has 4 rings (SSSR count). The lowest BCUT2D eigenvalue weighted by Crippen LogP contribution is -2.10. The molecule has 0 fully saturated rings. The van der Waals surface area contributed by atoms with E-state index in [1.807, 2.05) is 19.1 Å². The van der Waals surface area contributed by atoms with E-state index in [9.17, 15) is 13.2 Å². The lowest BCUT2D eigenvalue weighted by molar-refractivity contribution is -0.137. The molecule has 0 saturated carbocycles. The molecule has 1 atom stereocenters. The molecule has 0 spiro atoms. The SMILES string of the molecule is CCC1C=NC(Nc2cc(-c3ccccc3C(F)(F)F)nc3ccccc23)=N1. The summed E-state index contributed by atoms with van der Waals surface area (Å²) in [6, 6.07) is 14.4. The molecule has 0 amide bonds. The summed E-state index contributed by atoms with van der Waals surface area (Å²) < 4.78 is 40.4. The van der Waals surface area contributed by atoms with Gasteiger partial charge in [-0.05, 0) is 24.6 Å². The number of hydrogen-bond donors (Lipinski definition) is 1. The number of guanidine groups is 1. The molecule has 1 aliphatic rings. The molecular weight excluding hydrogens is 365 g/mol. The van der Waals surface area contributed by atoms with E-state index in [1.165, 1.54) is 12.1 Å². The van der Waals surface area contributed by atoms with Crippen molar-refractivity contribution in [2.45, 2.75) is 25.6 Å². The molecule has 3 aromatic rings. The Kier molecular flexibility index (Phi) is 4.58. The number of rotatable bonds is 3. The van der Waals surface area contributed by atoms with Crippen LogP contribution in [0.4, 0.5) is 18.9 Å². The molecular formula is C21H17F3N4. The first kappa shape index (κ1) is 18.2. The van der Waals surface area contributed by atoms with E-state index in [0.717, 1.165) is 17.9 Å². The largest absolute Gasteiger partial charge is 0.417 e. The number of nitrogens with one attached hydrogen (secondary N) is 1. The Hall–Kier alpha value is -3.22. The lowest BCUT2D eigenvalue weighted by atomic mass is 10.0. The molecule has 0 saturated heterocycles. The summed E-state index contributed by atoms with van der Waals surface area (Å²) in [6.07, 6.45) is -1.88. The highest BCUT2D eigenvalue weighted by atomic mass is 19.4. The van der Waals surface area contributed by atoms with Crippen molar-refractivity contribution in [3.8, 4) is 11.3 Å². The van der Waals surface area contributed by atoms with E-state index in [2.05, 4.69) is 20.3 Å². The van der Waals surface area contributed by atoms with E-state index in [1.54, 1.807) is 30.5 Å². The number of aliphatic imine (C=N–C) groups is 2. The van der Waals surface area contributed by atoms with Gasteiger partial charge in [0.25, 0.3) is 0 Å². The van der Waals surface area contributed by atoms with Crippen LogP contribution in [0.5, 0.6) is 0 Å². The van der Waals surface area contributed by atoms with E-state index < -0.39 is 11.7 Å². The van der Waals surface area contributed by atoms with Crippen LogP contribution in [0, 0.1) is 0 Å². The predicted octanol–water partition coefficient (Wildman–Crippen LogP) is 5.55. The molecule has 0 bridgehead atoms. The Bertz CT molecular complexity index is 1090. The van der Waals surface area contributed by atoms with Crippen molar-refractivity contribution in [3.05, 3.63) is 60.2 Å². The van der Waals surface area contributed by atoms with Gasteiger partial charge in [0.1, 0.15) is 0 Å². The van der Waals surface area contributed by atoms with Crippen LogP contribution in [0.1, 0.15) is 18.9 Å². The smallest absolute Gasteiger partial charge is 0.324 e. The number of nitrogens with zero attached hydrogens (tertiary/aromatic N) is 3. The van der Waals surface area contributed by atoms with Crippen LogP contribution in [-0.4, -0.2) is 23.2 Å². The number of pyridine rings is 1. The summed E-state index contributed by atoms with van der Waals surface area (Å²) in [7, 11) is 0. The van der Waals surface area contributed by atoms with Crippen molar-refractivity contribution in [2.24, 2.45) is 9.98 Å². The number of aromatic nitrogens is 1. The maximum absolute atomic E-state index is 13.5. The van der Waals surface area contributed by atoms with Gasteiger partial charge in [-0.25, -0.2) is 15.0 Å². The zero-order valence-corrected chi connectivity index (χ0v) is 15.0. The molecule has 7 heteroatoms. The van der Waals surface area contributed by atoms with E-state index in [0.29, 0.717) is 17.2 Å². The van der Waals surface area contributed by atoms with Crippen LogP contribution in [0.2, 0.25) is 0 Å². The summed E-state index contributed by atoms with van der Waals surface area (Å²) >= 11 is 0. The van der Waals surface area contributed by atoms with Crippen LogP contribution >= 0.6 is 0 Å². The second kappa shape index (κ2) is 7.07. The van der Waals surface area contributed by atoms with E-state index >= 15 is 0 Å². The number of para-hydroxylation sites is 1. The number of benzene rings is 2. The lowest BCUT2D eigenvalue weighted by Gasteiger charge is -2.15. The summed E-state index contributed by atoms with van der Waals surface area (Å²) in [4.78, 5) is 13.2. The van der Waals surface area contributed by atoms with Crippen LogP contribution in [-0.2, 0) is 6.18 Å². The normalized spacial score (nSPS) is 16.4. The minimum absolute atomic E-state index is 0.0148. The monoisotopic (exact) mass is 382 g/mol. The van der Waals surface area contributed by atoms with Gasteiger partial charge >= 0.3 is 6.18 Å². The van der Waals surface area contributed by atoms with Crippen molar-refractivity contribution in [1.82, 2.24) is 4.98 Å². The van der Waals surface area contributed by atoms with Crippen molar-refractivity contribution in [3.63, 3.8) is 0 Å². The zero-order chi connectivity index (χ0) is 19.7. The molecule has 1 unspecified atom stereocenters. The topological polar surface area (TPSA) is 49.6 Å². The van der Waals surface area contributed by atoms with E-state index in [-0.39, 0.29) is 17.3 Å². The van der Waals surface area contributed by atoms with Gasteiger partial charge in [-0.15, -0.1) is 0 Å². The molecule has 0 aliphatic carbocycles. The first-order valence-corrected chi connectivity index (χ1v) is 8.91. The third-order valence-electron chi connectivity index (χ3n) is 4.55. The standard InChI is InChI=1S/C21H17F3N4/c1-2-13-12-25-20(26-13)28-19-11-18(27-17-10-6-4-8-15(17)19)14-7-3-5-9-16(14)21(22,23)24/h3-13H,2H2,1H3,(H,26,27,28). The Morgan fingerprint density at radius 2 is 1.79 bits per heavy atom. The van der Waals surface area contributed by atoms with Gasteiger partial charge in [-0.2, -0.15) is 13.2 Å². The molecule has 1 aliphatic heterocycles. The first-order chi connectivity index (χ1) is 13.5. The van der Waals surface area contributed by atoms with Gasteiger partial charge in [0, 0.05) is 17.2 Å². The molecule has 1 aromatic heterocycles. The number of alkyl halides is 3. The van der Waals surface area contributed by atoms with Crippen LogP contribution < -0.4 is 5.32 Å². The highest BCUT2D eigenvalue weighted by Gasteiger charge is 2.33. The highest BCUT2D eigenvalue weighted by Crippen LogP contribution is 2.38. The fraction of sp³-hybridized carbons (Fsp3) is 0.190. The molecule has 1 N–H and O–H groups in total. The van der Waals surface area contributed by atoms with Gasteiger partial charge in [-0.3, -0.25) is 0 Å². The van der Waals surface area contributed by atoms with Gasteiger partial charge in [0.15, 0.2) is 0 Å². The van der Waals surface area contributed by atoms with Gasteiger partial charge in [0.05, 0.1) is 28.5 Å². The molecule has 2 aromatic carbocycles. The van der Waals surface area contributed by atoms with Gasteiger partial charge in [0.2, 0.25) is 5.96 Å². The fourth-order valence-electron chi connectivity index (χ4n) is 3.13. The molecule has 2 heterocycles. The van der Waals surface area contributed by atoms with Crippen LogP contribution in [0.15, 0.2) is 64.6 Å². The average Bonchev–Trinajstić information content (AvgIpc) is 3.15. The average molecular weight is 382 g/mol. The molecule has 142 valence electrons. The summed E-state index contributed by atoms with van der Waals surface area (Å²) in [5, 5.41) is 3.93. The third kappa shape index (κ3) is 3.47. The van der Waals surface area contributed by atoms with Gasteiger partial charge < -0.3 is 5.32 Å². The summed E-state index contributed by atoms with van der Waals surface area (Å²) in [5.74, 6) is 0.443. The molecule has 28 heavy (non-hydrogen) atoms. The second-order valence-corrected chi connectivity index (χ2v) is 6.45. The Labute approximate surface area is 159 Å². The summed E-state index contributed by atoms with van der Waals surface area (Å²) in [6.45, 7) is 2.01. The number of halogens is 3. The summed E-state index contributed by atoms with van der Waals surface area (Å²) in [5.41, 5.74) is 0.765. The van der Waals surface area contributed by atoms with Crippen molar-refractivity contribution < 1.29 is 13.2 Å². The minimum atomic E-state index is -4.47.